The van der Waals surface area contributed by atoms with Gasteiger partial charge in [-0.25, -0.2) is 0 Å². The van der Waals surface area contributed by atoms with Crippen LogP contribution in [-0.2, 0) is 9.59 Å². The van der Waals surface area contributed by atoms with Gasteiger partial charge in [0.2, 0.25) is 11.8 Å². The topological polar surface area (TPSA) is 40.6 Å². The monoisotopic (exact) mass is 300 g/mol. The Morgan fingerprint density at radius 2 is 1.77 bits per heavy atom. The van der Waals surface area contributed by atoms with Gasteiger partial charge in [-0.2, -0.15) is 0 Å². The van der Waals surface area contributed by atoms with Gasteiger partial charge in [0.15, 0.2) is 0 Å². The molecule has 1 aromatic rings. The number of carbonyl (C=O) groups is 2. The van der Waals surface area contributed by atoms with Crippen molar-refractivity contribution in [1.82, 2.24) is 4.90 Å². The van der Waals surface area contributed by atoms with E-state index in [9.17, 15) is 9.59 Å². The predicted molar refractivity (Wildman–Crippen MR) is 86.6 cm³/mol. The lowest BCUT2D eigenvalue weighted by Crippen LogP contribution is -2.42. The van der Waals surface area contributed by atoms with Gasteiger partial charge in [-0.3, -0.25) is 9.59 Å². The number of likely N-dealkylation sites (tertiary alicyclic amines) is 1. The van der Waals surface area contributed by atoms with Gasteiger partial charge in [0.1, 0.15) is 0 Å². The first-order chi connectivity index (χ1) is 10.5. The summed E-state index contributed by atoms with van der Waals surface area (Å²) < 4.78 is 0. The highest BCUT2D eigenvalue weighted by Crippen LogP contribution is 2.28. The maximum atomic E-state index is 12.6. The maximum absolute atomic E-state index is 12.6. The molecule has 0 bridgehead atoms. The van der Waals surface area contributed by atoms with Gasteiger partial charge < -0.3 is 9.80 Å². The highest BCUT2D eigenvalue weighted by Gasteiger charge is 2.37. The summed E-state index contributed by atoms with van der Waals surface area (Å²) in [5, 5.41) is 0. The molecule has 2 amide bonds. The highest BCUT2D eigenvalue weighted by molar-refractivity contribution is 6.00. The number of hydrogen-bond acceptors (Lipinski definition) is 2. The van der Waals surface area contributed by atoms with E-state index < -0.39 is 0 Å². The van der Waals surface area contributed by atoms with Crippen molar-refractivity contribution in [3.05, 3.63) is 29.8 Å². The summed E-state index contributed by atoms with van der Waals surface area (Å²) in [5.41, 5.74) is 2.07. The van der Waals surface area contributed by atoms with Crippen molar-refractivity contribution in [1.29, 1.82) is 0 Å². The molecule has 1 aromatic carbocycles. The van der Waals surface area contributed by atoms with Crippen LogP contribution in [0.15, 0.2) is 24.3 Å². The number of amides is 2. The second-order valence-electron chi connectivity index (χ2n) is 6.75. The fourth-order valence-electron chi connectivity index (χ4n) is 3.33. The van der Waals surface area contributed by atoms with Crippen LogP contribution in [0.1, 0.15) is 31.7 Å². The molecule has 2 heterocycles. The summed E-state index contributed by atoms with van der Waals surface area (Å²) >= 11 is 0. The van der Waals surface area contributed by atoms with Gasteiger partial charge in [-0.15, -0.1) is 0 Å². The second-order valence-corrected chi connectivity index (χ2v) is 6.75. The number of piperidine rings is 1. The van der Waals surface area contributed by atoms with E-state index >= 15 is 0 Å². The van der Waals surface area contributed by atoms with Gasteiger partial charge in [-0.1, -0.05) is 24.6 Å². The molecule has 3 rings (SSSR count). The molecule has 0 unspecified atom stereocenters. The van der Waals surface area contributed by atoms with E-state index in [1.807, 2.05) is 36.1 Å². The minimum Gasteiger partial charge on any atom is -0.342 e. The van der Waals surface area contributed by atoms with Crippen LogP contribution < -0.4 is 4.90 Å². The largest absolute Gasteiger partial charge is 0.342 e. The summed E-state index contributed by atoms with van der Waals surface area (Å²) in [4.78, 5) is 28.6. The van der Waals surface area contributed by atoms with E-state index in [0.717, 1.165) is 31.6 Å². The van der Waals surface area contributed by atoms with Crippen molar-refractivity contribution in [2.24, 2.45) is 11.8 Å². The van der Waals surface area contributed by atoms with Crippen molar-refractivity contribution in [2.45, 2.75) is 33.1 Å². The van der Waals surface area contributed by atoms with Crippen LogP contribution in [-0.4, -0.2) is 36.3 Å². The molecule has 118 valence electrons. The zero-order valence-electron chi connectivity index (χ0n) is 13.4. The molecule has 0 aromatic heterocycles. The molecule has 0 aliphatic carbocycles. The first kappa shape index (κ1) is 15.1. The summed E-state index contributed by atoms with van der Waals surface area (Å²) in [6.45, 7) is 6.47. The highest BCUT2D eigenvalue weighted by atomic mass is 16.2. The van der Waals surface area contributed by atoms with E-state index in [0.29, 0.717) is 18.9 Å². The lowest BCUT2D eigenvalue weighted by molar-refractivity contribution is -0.137. The first-order valence-electron chi connectivity index (χ1n) is 8.20. The summed E-state index contributed by atoms with van der Waals surface area (Å²) in [7, 11) is 0. The van der Waals surface area contributed by atoms with Gasteiger partial charge in [0, 0.05) is 31.7 Å². The Bertz CT molecular complexity index is 559. The van der Waals surface area contributed by atoms with E-state index in [4.69, 9.17) is 0 Å². The Balaban J connectivity index is 1.66. The molecule has 2 fully saturated rings. The maximum Gasteiger partial charge on any atom is 0.228 e. The van der Waals surface area contributed by atoms with Crippen LogP contribution in [0.25, 0.3) is 0 Å². The molecule has 0 spiro atoms. The standard InChI is InChI=1S/C18H24N2O2/c1-13-3-5-16(6-4-13)20-12-15(11-17(20)21)18(22)19-9-7-14(2)8-10-19/h3-6,14-15H,7-12H2,1-2H3/t15-/m0/s1. The molecule has 2 aliphatic heterocycles. The van der Waals surface area contributed by atoms with Gasteiger partial charge in [-0.05, 0) is 37.8 Å². The number of carbonyl (C=O) groups excluding carboxylic acids is 2. The molecule has 0 N–H and O–H groups in total. The smallest absolute Gasteiger partial charge is 0.228 e. The van der Waals surface area contributed by atoms with Crippen LogP contribution in [0.2, 0.25) is 0 Å². The number of anilines is 1. The second kappa shape index (κ2) is 6.11. The lowest BCUT2D eigenvalue weighted by atomic mass is 9.97. The zero-order valence-corrected chi connectivity index (χ0v) is 13.4. The van der Waals surface area contributed by atoms with E-state index in [-0.39, 0.29) is 17.7 Å². The summed E-state index contributed by atoms with van der Waals surface area (Å²) in [6.07, 6.45) is 2.50. The fraction of sp³-hybridized carbons (Fsp3) is 0.556. The zero-order chi connectivity index (χ0) is 15.7. The van der Waals surface area contributed by atoms with Crippen molar-refractivity contribution >= 4 is 17.5 Å². The minimum atomic E-state index is -0.179. The Labute approximate surface area is 132 Å². The Hall–Kier alpha value is -1.84. The molecule has 22 heavy (non-hydrogen) atoms. The van der Waals surface area contributed by atoms with Gasteiger partial charge in [0.05, 0.1) is 5.92 Å². The molecule has 4 nitrogen and oxygen atoms in total. The van der Waals surface area contributed by atoms with Crippen LogP contribution in [0.4, 0.5) is 5.69 Å². The fourth-order valence-corrected chi connectivity index (χ4v) is 3.33. The SMILES string of the molecule is Cc1ccc(N2C[C@@H](C(=O)N3CCC(C)CC3)CC2=O)cc1. The molecule has 0 saturated carbocycles. The third kappa shape index (κ3) is 3.01. The summed E-state index contributed by atoms with van der Waals surface area (Å²) in [5.74, 6) is 0.753. The number of aryl methyl sites for hydroxylation is 1. The predicted octanol–water partition coefficient (Wildman–Crippen LogP) is 2.61. The van der Waals surface area contributed by atoms with Crippen LogP contribution in [0.3, 0.4) is 0 Å². The normalized spacial score (nSPS) is 23.2. The Morgan fingerprint density at radius 1 is 1.14 bits per heavy atom. The molecule has 2 saturated heterocycles. The molecular formula is C18H24N2O2. The van der Waals surface area contributed by atoms with Gasteiger partial charge >= 0.3 is 0 Å². The average molecular weight is 300 g/mol. The van der Waals surface area contributed by atoms with Crippen molar-refractivity contribution < 1.29 is 9.59 Å². The molecule has 2 aliphatic rings. The third-order valence-electron chi connectivity index (χ3n) is 4.92. The molecular weight excluding hydrogens is 276 g/mol. The quantitative estimate of drug-likeness (QED) is 0.842. The number of hydrogen-bond donors (Lipinski definition) is 0. The summed E-state index contributed by atoms with van der Waals surface area (Å²) in [6, 6.07) is 7.93. The van der Waals surface area contributed by atoms with Crippen molar-refractivity contribution in [3.8, 4) is 0 Å². The minimum absolute atomic E-state index is 0.0626. The molecule has 1 atom stereocenters. The van der Waals surface area contributed by atoms with E-state index in [2.05, 4.69) is 6.92 Å². The third-order valence-corrected chi connectivity index (χ3v) is 4.92. The Kier molecular flexibility index (Phi) is 4.19. The van der Waals surface area contributed by atoms with Crippen molar-refractivity contribution in [2.75, 3.05) is 24.5 Å². The van der Waals surface area contributed by atoms with Crippen LogP contribution >= 0.6 is 0 Å². The van der Waals surface area contributed by atoms with Crippen LogP contribution in [0, 0.1) is 18.8 Å². The molecule has 4 heteroatoms. The molecule has 0 radical (unpaired) electrons. The van der Waals surface area contributed by atoms with Gasteiger partial charge in [0.25, 0.3) is 0 Å². The number of benzene rings is 1. The lowest BCUT2D eigenvalue weighted by Gasteiger charge is -2.32. The Morgan fingerprint density at radius 3 is 2.41 bits per heavy atom. The first-order valence-corrected chi connectivity index (χ1v) is 8.20. The number of nitrogens with zero attached hydrogens (tertiary/aromatic N) is 2. The van der Waals surface area contributed by atoms with Crippen LogP contribution in [0.5, 0.6) is 0 Å². The average Bonchev–Trinajstić information content (AvgIpc) is 2.90. The van der Waals surface area contributed by atoms with E-state index in [1.54, 1.807) is 4.90 Å². The van der Waals surface area contributed by atoms with E-state index in [1.165, 1.54) is 5.56 Å². The van der Waals surface area contributed by atoms with Crippen molar-refractivity contribution in [3.63, 3.8) is 0 Å². The number of rotatable bonds is 2.